The first kappa shape index (κ1) is 18.4. The quantitative estimate of drug-likeness (QED) is 0.841. The average molecular weight is 373 g/mol. The van der Waals surface area contributed by atoms with Gasteiger partial charge in [-0.25, -0.2) is 8.42 Å². The number of benzene rings is 2. The van der Waals surface area contributed by atoms with E-state index < -0.39 is 10.0 Å². The zero-order valence-electron chi connectivity index (χ0n) is 14.7. The number of carbonyl (C=O) groups excluding carboxylic acids is 1. The molecule has 0 saturated carbocycles. The van der Waals surface area contributed by atoms with E-state index in [-0.39, 0.29) is 16.2 Å². The summed E-state index contributed by atoms with van der Waals surface area (Å²) in [7, 11) is -3.69. The molecule has 0 spiro atoms. The highest BCUT2D eigenvalue weighted by Crippen LogP contribution is 2.29. The van der Waals surface area contributed by atoms with Crippen molar-refractivity contribution < 1.29 is 13.2 Å². The van der Waals surface area contributed by atoms with Gasteiger partial charge < -0.3 is 10.6 Å². The lowest BCUT2D eigenvalue weighted by atomic mass is 9.90. The van der Waals surface area contributed by atoms with E-state index >= 15 is 0 Å². The van der Waals surface area contributed by atoms with Crippen LogP contribution >= 0.6 is 0 Å². The normalized spacial score (nSPS) is 20.2. The van der Waals surface area contributed by atoms with Gasteiger partial charge in [-0.1, -0.05) is 31.2 Å². The molecule has 0 aromatic heterocycles. The highest BCUT2D eigenvalue weighted by molar-refractivity contribution is 7.92. The number of amides is 1. The molecule has 1 aliphatic rings. The van der Waals surface area contributed by atoms with Crippen LogP contribution in [0.5, 0.6) is 0 Å². The molecule has 1 aliphatic heterocycles. The summed E-state index contributed by atoms with van der Waals surface area (Å²) in [6, 6.07) is 14.7. The Morgan fingerprint density at radius 3 is 2.58 bits per heavy atom. The molecule has 0 aliphatic carbocycles. The lowest BCUT2D eigenvalue weighted by Crippen LogP contribution is -2.34. The second-order valence-electron chi connectivity index (χ2n) is 6.99. The molecule has 1 amide bonds. The van der Waals surface area contributed by atoms with Crippen LogP contribution in [0.1, 0.15) is 23.7 Å². The van der Waals surface area contributed by atoms with Crippen molar-refractivity contribution in [3.8, 4) is 0 Å². The third kappa shape index (κ3) is 3.89. The maximum absolute atomic E-state index is 12.7. The van der Waals surface area contributed by atoms with Crippen molar-refractivity contribution in [3.05, 3.63) is 60.2 Å². The number of hydrogen-bond donors (Lipinski definition) is 2. The Bertz CT molecular complexity index is 899. The summed E-state index contributed by atoms with van der Waals surface area (Å²) in [5, 5.41) is 0. The molecule has 1 fully saturated rings. The van der Waals surface area contributed by atoms with Crippen LogP contribution in [0.2, 0.25) is 0 Å². The Balaban J connectivity index is 1.78. The molecule has 1 saturated heterocycles. The molecular formula is C19H23N3O3S. The minimum absolute atomic E-state index is 0.0534. The van der Waals surface area contributed by atoms with Crippen LogP contribution < -0.4 is 10.5 Å². The summed E-state index contributed by atoms with van der Waals surface area (Å²) in [5.74, 6) is -0.108. The largest absolute Gasteiger partial charge is 0.338 e. The lowest BCUT2D eigenvalue weighted by Gasteiger charge is -2.22. The van der Waals surface area contributed by atoms with Gasteiger partial charge in [0.1, 0.15) is 0 Å². The van der Waals surface area contributed by atoms with E-state index in [0.29, 0.717) is 30.9 Å². The number of hydrogen-bond acceptors (Lipinski definition) is 4. The zero-order chi connectivity index (χ0) is 18.8. The molecule has 2 aromatic carbocycles. The van der Waals surface area contributed by atoms with Crippen molar-refractivity contribution >= 4 is 21.6 Å². The molecular weight excluding hydrogens is 350 g/mol. The van der Waals surface area contributed by atoms with Gasteiger partial charge in [-0.05, 0) is 48.7 Å². The van der Waals surface area contributed by atoms with Crippen molar-refractivity contribution in [2.24, 2.45) is 11.1 Å². The number of nitrogens with one attached hydrogen (secondary N) is 1. The highest BCUT2D eigenvalue weighted by Gasteiger charge is 2.35. The van der Waals surface area contributed by atoms with Gasteiger partial charge in [-0.3, -0.25) is 9.52 Å². The Labute approximate surface area is 154 Å². The molecule has 0 bridgehead atoms. The van der Waals surface area contributed by atoms with Crippen molar-refractivity contribution in [1.29, 1.82) is 0 Å². The smallest absolute Gasteiger partial charge is 0.261 e. The predicted molar refractivity (Wildman–Crippen MR) is 101 cm³/mol. The van der Waals surface area contributed by atoms with Crippen LogP contribution in [-0.4, -0.2) is 38.9 Å². The molecule has 1 unspecified atom stereocenters. The Morgan fingerprint density at radius 2 is 1.92 bits per heavy atom. The molecule has 138 valence electrons. The zero-order valence-corrected chi connectivity index (χ0v) is 15.5. The van der Waals surface area contributed by atoms with Crippen molar-refractivity contribution in [3.63, 3.8) is 0 Å². The molecule has 26 heavy (non-hydrogen) atoms. The molecule has 2 aromatic rings. The van der Waals surface area contributed by atoms with Crippen LogP contribution in [0.4, 0.5) is 5.69 Å². The first-order valence-electron chi connectivity index (χ1n) is 8.50. The fraction of sp³-hybridized carbons (Fsp3) is 0.316. The Kier molecular flexibility index (Phi) is 5.02. The third-order valence-electron chi connectivity index (χ3n) is 4.75. The monoisotopic (exact) mass is 373 g/mol. The van der Waals surface area contributed by atoms with Crippen LogP contribution in [-0.2, 0) is 10.0 Å². The van der Waals surface area contributed by atoms with E-state index in [2.05, 4.69) is 11.6 Å². The fourth-order valence-electron chi connectivity index (χ4n) is 3.08. The lowest BCUT2D eigenvalue weighted by molar-refractivity contribution is 0.0777. The number of carbonyl (C=O) groups is 1. The number of anilines is 1. The van der Waals surface area contributed by atoms with Gasteiger partial charge in [0.15, 0.2) is 0 Å². The van der Waals surface area contributed by atoms with Gasteiger partial charge in [-0.15, -0.1) is 0 Å². The SMILES string of the molecule is CC1(CN)CCN(C(=O)c2cccc(NS(=O)(=O)c3ccccc3)c2)C1. The van der Waals surface area contributed by atoms with E-state index in [1.165, 1.54) is 12.1 Å². The van der Waals surface area contributed by atoms with Crippen molar-refractivity contribution in [1.82, 2.24) is 4.90 Å². The minimum atomic E-state index is -3.69. The van der Waals surface area contributed by atoms with Crippen LogP contribution in [0, 0.1) is 5.41 Å². The van der Waals surface area contributed by atoms with Crippen LogP contribution in [0.15, 0.2) is 59.5 Å². The molecule has 1 heterocycles. The Morgan fingerprint density at radius 1 is 1.19 bits per heavy atom. The topological polar surface area (TPSA) is 92.5 Å². The van der Waals surface area contributed by atoms with Gasteiger partial charge in [-0.2, -0.15) is 0 Å². The summed E-state index contributed by atoms with van der Waals surface area (Å²) in [4.78, 5) is 14.7. The first-order chi connectivity index (χ1) is 12.3. The number of rotatable bonds is 5. The van der Waals surface area contributed by atoms with E-state index in [9.17, 15) is 13.2 Å². The number of likely N-dealkylation sites (tertiary alicyclic amines) is 1. The molecule has 3 N–H and O–H groups in total. The summed E-state index contributed by atoms with van der Waals surface area (Å²) in [5.41, 5.74) is 6.57. The van der Waals surface area contributed by atoms with E-state index in [1.54, 1.807) is 47.4 Å². The standard InChI is InChI=1S/C19H23N3O3S/c1-19(13-20)10-11-22(14-19)18(23)15-6-5-7-16(12-15)21-26(24,25)17-8-3-2-4-9-17/h2-9,12,21H,10-11,13-14,20H2,1H3. The number of nitrogens with zero attached hydrogens (tertiary/aromatic N) is 1. The maximum Gasteiger partial charge on any atom is 0.261 e. The van der Waals surface area contributed by atoms with Gasteiger partial charge in [0, 0.05) is 24.3 Å². The van der Waals surface area contributed by atoms with Gasteiger partial charge in [0.05, 0.1) is 4.90 Å². The van der Waals surface area contributed by atoms with Gasteiger partial charge in [0.2, 0.25) is 0 Å². The van der Waals surface area contributed by atoms with E-state index in [4.69, 9.17) is 5.73 Å². The van der Waals surface area contributed by atoms with Crippen LogP contribution in [0.25, 0.3) is 0 Å². The fourth-order valence-corrected chi connectivity index (χ4v) is 4.15. The summed E-state index contributed by atoms with van der Waals surface area (Å²) >= 11 is 0. The van der Waals surface area contributed by atoms with Gasteiger partial charge >= 0.3 is 0 Å². The average Bonchev–Trinajstić information content (AvgIpc) is 3.05. The second kappa shape index (κ2) is 7.09. The maximum atomic E-state index is 12.7. The number of sulfonamides is 1. The second-order valence-corrected chi connectivity index (χ2v) is 8.67. The van der Waals surface area contributed by atoms with Crippen molar-refractivity contribution in [2.45, 2.75) is 18.2 Å². The molecule has 0 radical (unpaired) electrons. The van der Waals surface area contributed by atoms with E-state index in [0.717, 1.165) is 6.42 Å². The highest BCUT2D eigenvalue weighted by atomic mass is 32.2. The van der Waals surface area contributed by atoms with Crippen molar-refractivity contribution in [2.75, 3.05) is 24.4 Å². The molecule has 6 nitrogen and oxygen atoms in total. The van der Waals surface area contributed by atoms with Gasteiger partial charge in [0.25, 0.3) is 15.9 Å². The number of nitrogens with two attached hydrogens (primary N) is 1. The third-order valence-corrected chi connectivity index (χ3v) is 6.15. The van der Waals surface area contributed by atoms with E-state index in [1.807, 2.05) is 0 Å². The predicted octanol–water partition coefficient (Wildman–Crippen LogP) is 2.30. The summed E-state index contributed by atoms with van der Waals surface area (Å²) in [6.45, 7) is 3.88. The summed E-state index contributed by atoms with van der Waals surface area (Å²) < 4.78 is 27.4. The molecule has 1 atom stereocenters. The molecule has 7 heteroatoms. The first-order valence-corrected chi connectivity index (χ1v) is 9.99. The molecule has 3 rings (SSSR count). The minimum Gasteiger partial charge on any atom is -0.338 e. The summed E-state index contributed by atoms with van der Waals surface area (Å²) in [6.07, 6.45) is 0.871. The Hall–Kier alpha value is -2.38. The van der Waals surface area contributed by atoms with Crippen LogP contribution in [0.3, 0.4) is 0 Å².